The molecular weight excluding hydrogens is 431 g/mol. The maximum atomic E-state index is 14.5. The highest BCUT2D eigenvalue weighted by molar-refractivity contribution is 7.89. The van der Waals surface area contributed by atoms with Gasteiger partial charge in [-0.15, -0.1) is 0 Å². The van der Waals surface area contributed by atoms with E-state index in [1.165, 1.54) is 37.3 Å². The van der Waals surface area contributed by atoms with Crippen LogP contribution in [0.5, 0.6) is 0 Å². The fourth-order valence-electron chi connectivity index (χ4n) is 2.80. The number of sulfonamides is 1. The SMILES string of the molecule is Cc1nccn1-c1ccc(CNC(=O)[C@H](C)NS(=O)(=O)c2ccc(Cl)cc2)cc1F. The van der Waals surface area contributed by atoms with E-state index >= 15 is 0 Å². The first-order valence-electron chi connectivity index (χ1n) is 9.02. The number of imidazole rings is 1. The summed E-state index contributed by atoms with van der Waals surface area (Å²) in [6.07, 6.45) is 3.24. The summed E-state index contributed by atoms with van der Waals surface area (Å²) in [5, 5.41) is 3.01. The van der Waals surface area contributed by atoms with E-state index in [1.54, 1.807) is 36.0 Å². The summed E-state index contributed by atoms with van der Waals surface area (Å²) in [6.45, 7) is 3.24. The summed E-state index contributed by atoms with van der Waals surface area (Å²) in [5.41, 5.74) is 0.888. The maximum absolute atomic E-state index is 14.5. The van der Waals surface area contributed by atoms with Gasteiger partial charge >= 0.3 is 0 Å². The molecule has 10 heteroatoms. The van der Waals surface area contributed by atoms with Crippen LogP contribution < -0.4 is 10.0 Å². The van der Waals surface area contributed by atoms with Crippen LogP contribution in [-0.2, 0) is 21.4 Å². The summed E-state index contributed by atoms with van der Waals surface area (Å²) < 4.78 is 43.1. The van der Waals surface area contributed by atoms with Crippen molar-refractivity contribution < 1.29 is 17.6 Å². The predicted molar refractivity (Wildman–Crippen MR) is 111 cm³/mol. The van der Waals surface area contributed by atoms with Gasteiger partial charge in [0, 0.05) is 24.0 Å². The Hall–Kier alpha value is -2.75. The van der Waals surface area contributed by atoms with E-state index in [2.05, 4.69) is 15.0 Å². The molecule has 0 unspecified atom stereocenters. The van der Waals surface area contributed by atoms with Gasteiger partial charge in [-0.3, -0.25) is 4.79 Å². The molecule has 1 heterocycles. The fraction of sp³-hybridized carbons (Fsp3) is 0.200. The number of rotatable bonds is 7. The second kappa shape index (κ2) is 8.95. The Labute approximate surface area is 178 Å². The number of hydrogen-bond acceptors (Lipinski definition) is 4. The van der Waals surface area contributed by atoms with Gasteiger partial charge in [-0.25, -0.2) is 17.8 Å². The molecule has 3 rings (SSSR count). The van der Waals surface area contributed by atoms with Crippen molar-refractivity contribution in [2.75, 3.05) is 0 Å². The molecule has 2 aromatic carbocycles. The molecule has 1 aromatic heterocycles. The molecule has 7 nitrogen and oxygen atoms in total. The van der Waals surface area contributed by atoms with Crippen molar-refractivity contribution in [1.29, 1.82) is 0 Å². The minimum absolute atomic E-state index is 0.000921. The van der Waals surface area contributed by atoms with Crippen LogP contribution in [0.4, 0.5) is 4.39 Å². The zero-order valence-electron chi connectivity index (χ0n) is 16.3. The number of hydrogen-bond donors (Lipinski definition) is 2. The minimum atomic E-state index is -3.88. The van der Waals surface area contributed by atoms with E-state index in [0.717, 1.165) is 0 Å². The topological polar surface area (TPSA) is 93.1 Å². The summed E-state index contributed by atoms with van der Waals surface area (Å²) in [6, 6.07) is 9.16. The number of amides is 1. The van der Waals surface area contributed by atoms with E-state index in [1.807, 2.05) is 0 Å². The molecule has 0 radical (unpaired) electrons. The number of nitrogens with one attached hydrogen (secondary N) is 2. The Kier molecular flexibility index (Phi) is 6.55. The van der Waals surface area contributed by atoms with Crippen molar-refractivity contribution in [2.45, 2.75) is 31.3 Å². The Morgan fingerprint density at radius 1 is 1.23 bits per heavy atom. The molecule has 0 aliphatic carbocycles. The van der Waals surface area contributed by atoms with Crippen LogP contribution in [0.2, 0.25) is 5.02 Å². The number of nitrogens with zero attached hydrogens (tertiary/aromatic N) is 2. The number of aromatic nitrogens is 2. The van der Waals surface area contributed by atoms with Crippen LogP contribution in [-0.4, -0.2) is 29.9 Å². The third-order valence-electron chi connectivity index (χ3n) is 4.41. The third kappa shape index (κ3) is 5.05. The molecule has 0 saturated carbocycles. The van der Waals surface area contributed by atoms with Crippen molar-refractivity contribution in [3.63, 3.8) is 0 Å². The van der Waals surface area contributed by atoms with E-state index in [4.69, 9.17) is 11.6 Å². The third-order valence-corrected chi connectivity index (χ3v) is 6.22. The second-order valence-corrected chi connectivity index (χ2v) is 8.80. The average molecular weight is 451 g/mol. The molecular formula is C20H20ClFN4O3S. The van der Waals surface area contributed by atoms with Crippen LogP contribution in [0.25, 0.3) is 5.69 Å². The van der Waals surface area contributed by atoms with Gasteiger partial charge in [-0.2, -0.15) is 4.72 Å². The lowest BCUT2D eigenvalue weighted by Crippen LogP contribution is -2.44. The highest BCUT2D eigenvalue weighted by Gasteiger charge is 2.22. The van der Waals surface area contributed by atoms with Crippen molar-refractivity contribution in [2.24, 2.45) is 0 Å². The van der Waals surface area contributed by atoms with Gasteiger partial charge in [-0.05, 0) is 55.8 Å². The highest BCUT2D eigenvalue weighted by atomic mass is 35.5. The van der Waals surface area contributed by atoms with E-state index in [-0.39, 0.29) is 11.4 Å². The number of carbonyl (C=O) groups is 1. The number of halogens is 2. The Morgan fingerprint density at radius 3 is 2.53 bits per heavy atom. The summed E-state index contributed by atoms with van der Waals surface area (Å²) >= 11 is 5.76. The lowest BCUT2D eigenvalue weighted by Gasteiger charge is -2.15. The molecule has 0 aliphatic heterocycles. The molecule has 0 spiro atoms. The first-order valence-corrected chi connectivity index (χ1v) is 10.9. The summed E-state index contributed by atoms with van der Waals surface area (Å²) in [5.74, 6) is -0.349. The molecule has 158 valence electrons. The molecule has 0 aliphatic rings. The molecule has 1 atom stereocenters. The molecule has 2 N–H and O–H groups in total. The first kappa shape index (κ1) is 21.9. The van der Waals surface area contributed by atoms with Crippen LogP contribution in [0.1, 0.15) is 18.3 Å². The lowest BCUT2D eigenvalue weighted by atomic mass is 10.2. The van der Waals surface area contributed by atoms with Gasteiger partial charge in [0.25, 0.3) is 0 Å². The van der Waals surface area contributed by atoms with Crippen LogP contribution in [0.15, 0.2) is 59.8 Å². The van der Waals surface area contributed by atoms with Crippen molar-refractivity contribution in [3.05, 3.63) is 77.1 Å². The van der Waals surface area contributed by atoms with Gasteiger partial charge in [0.15, 0.2) is 0 Å². The average Bonchev–Trinajstić information content (AvgIpc) is 3.11. The predicted octanol–water partition coefficient (Wildman–Crippen LogP) is 2.96. The Bertz CT molecular complexity index is 1160. The van der Waals surface area contributed by atoms with Gasteiger partial charge in [0.05, 0.1) is 16.6 Å². The first-order chi connectivity index (χ1) is 14.2. The quantitative estimate of drug-likeness (QED) is 0.578. The van der Waals surface area contributed by atoms with Gasteiger partial charge in [0.2, 0.25) is 15.9 Å². The van der Waals surface area contributed by atoms with E-state index in [0.29, 0.717) is 22.1 Å². The number of carbonyl (C=O) groups excluding carboxylic acids is 1. The zero-order chi connectivity index (χ0) is 21.9. The number of benzene rings is 2. The summed E-state index contributed by atoms with van der Waals surface area (Å²) in [7, 11) is -3.88. The maximum Gasteiger partial charge on any atom is 0.241 e. The normalized spacial score (nSPS) is 12.5. The summed E-state index contributed by atoms with van der Waals surface area (Å²) in [4.78, 5) is 16.4. The Balaban J connectivity index is 1.61. The molecule has 0 fully saturated rings. The molecule has 0 saturated heterocycles. The van der Waals surface area contributed by atoms with Crippen molar-refractivity contribution in [3.8, 4) is 5.69 Å². The van der Waals surface area contributed by atoms with E-state index in [9.17, 15) is 17.6 Å². The van der Waals surface area contributed by atoms with Crippen LogP contribution >= 0.6 is 11.6 Å². The molecule has 0 bridgehead atoms. The van der Waals surface area contributed by atoms with Crippen LogP contribution in [0.3, 0.4) is 0 Å². The fourth-order valence-corrected chi connectivity index (χ4v) is 4.13. The lowest BCUT2D eigenvalue weighted by molar-refractivity contribution is -0.122. The van der Waals surface area contributed by atoms with E-state index < -0.39 is 27.8 Å². The highest BCUT2D eigenvalue weighted by Crippen LogP contribution is 2.17. The smallest absolute Gasteiger partial charge is 0.241 e. The molecule has 30 heavy (non-hydrogen) atoms. The molecule has 3 aromatic rings. The van der Waals surface area contributed by atoms with Gasteiger partial charge in [-0.1, -0.05) is 17.7 Å². The monoisotopic (exact) mass is 450 g/mol. The van der Waals surface area contributed by atoms with Gasteiger partial charge in [0.1, 0.15) is 11.6 Å². The Morgan fingerprint density at radius 2 is 1.93 bits per heavy atom. The standard InChI is InChI=1S/C20H20ClFN4O3S/c1-13(25-30(28,29)17-6-4-16(21)5-7-17)20(27)24-12-15-3-8-19(18(22)11-15)26-10-9-23-14(26)2/h3-11,13,25H,12H2,1-2H3,(H,24,27)/t13-/m0/s1. The van der Waals surface area contributed by atoms with Gasteiger partial charge < -0.3 is 9.88 Å². The number of aryl methyl sites for hydroxylation is 1. The largest absolute Gasteiger partial charge is 0.351 e. The molecule has 1 amide bonds. The van der Waals surface area contributed by atoms with Crippen molar-refractivity contribution in [1.82, 2.24) is 19.6 Å². The second-order valence-electron chi connectivity index (χ2n) is 6.64. The van der Waals surface area contributed by atoms with Crippen molar-refractivity contribution >= 4 is 27.5 Å². The zero-order valence-corrected chi connectivity index (χ0v) is 17.8. The van der Waals surface area contributed by atoms with Crippen LogP contribution in [0, 0.1) is 12.7 Å². The minimum Gasteiger partial charge on any atom is -0.351 e.